The maximum atomic E-state index is 12.7. The standard InChI is InChI=1S/C12H15FN4O/c13-11-3-1-10(2-4-11)7-14-8-12-9-17(5-6-18)16-15-12/h1-4,9,14,18H,5-8H2. The average Bonchev–Trinajstić information content (AvgIpc) is 2.80. The maximum absolute atomic E-state index is 12.7. The van der Waals surface area contributed by atoms with Crippen molar-refractivity contribution in [1.82, 2.24) is 20.3 Å². The average molecular weight is 250 g/mol. The molecule has 96 valence electrons. The number of nitrogens with zero attached hydrogens (tertiary/aromatic N) is 3. The van der Waals surface area contributed by atoms with E-state index in [1.54, 1.807) is 23.0 Å². The van der Waals surface area contributed by atoms with Crippen LogP contribution < -0.4 is 5.32 Å². The molecule has 0 atom stereocenters. The molecule has 0 fully saturated rings. The van der Waals surface area contributed by atoms with Crippen molar-refractivity contribution in [2.45, 2.75) is 19.6 Å². The number of aliphatic hydroxyl groups is 1. The Labute approximate surface area is 104 Å². The zero-order valence-corrected chi connectivity index (χ0v) is 9.88. The minimum Gasteiger partial charge on any atom is -0.394 e. The summed E-state index contributed by atoms with van der Waals surface area (Å²) in [7, 11) is 0. The van der Waals surface area contributed by atoms with Crippen molar-refractivity contribution < 1.29 is 9.50 Å². The normalized spacial score (nSPS) is 10.8. The van der Waals surface area contributed by atoms with Crippen molar-refractivity contribution in [3.63, 3.8) is 0 Å². The number of nitrogens with one attached hydrogen (secondary N) is 1. The zero-order chi connectivity index (χ0) is 12.8. The van der Waals surface area contributed by atoms with E-state index in [2.05, 4.69) is 15.6 Å². The van der Waals surface area contributed by atoms with Crippen molar-refractivity contribution in [2.75, 3.05) is 6.61 Å². The van der Waals surface area contributed by atoms with E-state index in [-0.39, 0.29) is 12.4 Å². The van der Waals surface area contributed by atoms with Crippen LogP contribution in [0.15, 0.2) is 30.5 Å². The Morgan fingerprint density at radius 1 is 1.22 bits per heavy atom. The number of aliphatic hydroxyl groups excluding tert-OH is 1. The second-order valence-corrected chi connectivity index (χ2v) is 3.93. The molecule has 0 saturated carbocycles. The van der Waals surface area contributed by atoms with E-state index in [1.165, 1.54) is 12.1 Å². The molecule has 0 unspecified atom stereocenters. The highest BCUT2D eigenvalue weighted by Gasteiger charge is 2.00. The minimum absolute atomic E-state index is 0.0474. The zero-order valence-electron chi connectivity index (χ0n) is 9.88. The molecule has 0 bridgehead atoms. The summed E-state index contributed by atoms with van der Waals surface area (Å²) in [6.45, 7) is 1.73. The van der Waals surface area contributed by atoms with Crippen LogP contribution in [0.4, 0.5) is 4.39 Å². The quantitative estimate of drug-likeness (QED) is 0.792. The van der Waals surface area contributed by atoms with Gasteiger partial charge in [0.1, 0.15) is 5.82 Å². The Hall–Kier alpha value is -1.79. The van der Waals surface area contributed by atoms with E-state index >= 15 is 0 Å². The fourth-order valence-electron chi connectivity index (χ4n) is 1.57. The van der Waals surface area contributed by atoms with Gasteiger partial charge in [-0.25, -0.2) is 9.07 Å². The summed E-state index contributed by atoms with van der Waals surface area (Å²) in [5.41, 5.74) is 1.82. The number of hydrogen-bond donors (Lipinski definition) is 2. The Kier molecular flexibility index (Phi) is 4.38. The van der Waals surface area contributed by atoms with Crippen LogP contribution in [-0.4, -0.2) is 26.7 Å². The highest BCUT2D eigenvalue weighted by molar-refractivity contribution is 5.15. The fourth-order valence-corrected chi connectivity index (χ4v) is 1.57. The lowest BCUT2D eigenvalue weighted by molar-refractivity contribution is 0.268. The molecule has 18 heavy (non-hydrogen) atoms. The smallest absolute Gasteiger partial charge is 0.123 e. The molecule has 2 rings (SSSR count). The number of halogens is 1. The molecule has 1 heterocycles. The second-order valence-electron chi connectivity index (χ2n) is 3.93. The Morgan fingerprint density at radius 3 is 2.72 bits per heavy atom. The van der Waals surface area contributed by atoms with Gasteiger partial charge < -0.3 is 10.4 Å². The lowest BCUT2D eigenvalue weighted by Crippen LogP contribution is -2.12. The number of hydrogen-bond acceptors (Lipinski definition) is 4. The van der Waals surface area contributed by atoms with Gasteiger partial charge in [0.25, 0.3) is 0 Å². The van der Waals surface area contributed by atoms with Gasteiger partial charge >= 0.3 is 0 Å². The third-order valence-corrected chi connectivity index (χ3v) is 2.46. The third kappa shape index (κ3) is 3.61. The van der Waals surface area contributed by atoms with Crippen molar-refractivity contribution in [3.05, 3.63) is 47.5 Å². The van der Waals surface area contributed by atoms with E-state index in [0.717, 1.165) is 11.3 Å². The molecule has 2 N–H and O–H groups in total. The fraction of sp³-hybridized carbons (Fsp3) is 0.333. The van der Waals surface area contributed by atoms with Gasteiger partial charge in [-0.15, -0.1) is 5.10 Å². The first-order valence-corrected chi connectivity index (χ1v) is 5.73. The molecule has 1 aromatic carbocycles. The van der Waals surface area contributed by atoms with Crippen molar-refractivity contribution >= 4 is 0 Å². The highest BCUT2D eigenvalue weighted by Crippen LogP contribution is 2.02. The van der Waals surface area contributed by atoms with Crippen LogP contribution in [0, 0.1) is 5.82 Å². The predicted molar refractivity (Wildman–Crippen MR) is 64.1 cm³/mol. The monoisotopic (exact) mass is 250 g/mol. The third-order valence-electron chi connectivity index (χ3n) is 2.46. The van der Waals surface area contributed by atoms with Crippen LogP contribution in [0.25, 0.3) is 0 Å². The molecule has 5 nitrogen and oxygen atoms in total. The topological polar surface area (TPSA) is 63.0 Å². The van der Waals surface area contributed by atoms with Gasteiger partial charge in [0.2, 0.25) is 0 Å². The molecular formula is C12H15FN4O. The van der Waals surface area contributed by atoms with E-state index < -0.39 is 0 Å². The van der Waals surface area contributed by atoms with Gasteiger partial charge in [0.05, 0.1) is 18.8 Å². The Bertz CT molecular complexity index is 483. The van der Waals surface area contributed by atoms with E-state index in [4.69, 9.17) is 5.11 Å². The second kappa shape index (κ2) is 6.23. The summed E-state index contributed by atoms with van der Waals surface area (Å²) in [5.74, 6) is -0.231. The first kappa shape index (κ1) is 12.7. The SMILES string of the molecule is OCCn1cc(CNCc2ccc(F)cc2)nn1. The van der Waals surface area contributed by atoms with Crippen LogP contribution in [0.5, 0.6) is 0 Å². The summed E-state index contributed by atoms with van der Waals surface area (Å²) in [4.78, 5) is 0. The van der Waals surface area contributed by atoms with E-state index in [0.29, 0.717) is 19.6 Å². The predicted octanol–water partition coefficient (Wildman–Crippen LogP) is 0.699. The van der Waals surface area contributed by atoms with Gasteiger partial charge in [-0.05, 0) is 17.7 Å². The molecule has 0 aliphatic carbocycles. The summed E-state index contributed by atoms with van der Waals surface area (Å²) < 4.78 is 14.3. The molecule has 0 radical (unpaired) electrons. The lowest BCUT2D eigenvalue weighted by Gasteiger charge is -2.02. The number of rotatable bonds is 6. The first-order chi connectivity index (χ1) is 8.78. The van der Waals surface area contributed by atoms with E-state index in [1.807, 2.05) is 0 Å². The minimum atomic E-state index is -0.231. The van der Waals surface area contributed by atoms with Crippen LogP contribution in [0.2, 0.25) is 0 Å². The van der Waals surface area contributed by atoms with Gasteiger partial charge in [-0.1, -0.05) is 17.3 Å². The summed E-state index contributed by atoms with van der Waals surface area (Å²) >= 11 is 0. The van der Waals surface area contributed by atoms with Crippen LogP contribution in [0.3, 0.4) is 0 Å². The van der Waals surface area contributed by atoms with E-state index in [9.17, 15) is 4.39 Å². The molecule has 6 heteroatoms. The summed E-state index contributed by atoms with van der Waals surface area (Å²) in [6.07, 6.45) is 1.79. The van der Waals surface area contributed by atoms with Crippen molar-refractivity contribution in [2.24, 2.45) is 0 Å². The summed E-state index contributed by atoms with van der Waals surface area (Å²) in [5, 5.41) is 19.8. The molecule has 2 aromatic rings. The largest absolute Gasteiger partial charge is 0.394 e. The highest BCUT2D eigenvalue weighted by atomic mass is 19.1. The van der Waals surface area contributed by atoms with Crippen molar-refractivity contribution in [1.29, 1.82) is 0 Å². The van der Waals surface area contributed by atoms with Crippen LogP contribution in [-0.2, 0) is 19.6 Å². The molecule has 0 saturated heterocycles. The number of aromatic nitrogens is 3. The van der Waals surface area contributed by atoms with Crippen molar-refractivity contribution in [3.8, 4) is 0 Å². The Morgan fingerprint density at radius 2 is 2.00 bits per heavy atom. The molecule has 1 aromatic heterocycles. The molecule has 0 aliphatic rings. The molecule has 0 aliphatic heterocycles. The van der Waals surface area contributed by atoms with Gasteiger partial charge in [0, 0.05) is 19.3 Å². The maximum Gasteiger partial charge on any atom is 0.123 e. The lowest BCUT2D eigenvalue weighted by atomic mass is 10.2. The molecule has 0 amide bonds. The first-order valence-electron chi connectivity index (χ1n) is 5.73. The van der Waals surface area contributed by atoms with Crippen LogP contribution >= 0.6 is 0 Å². The van der Waals surface area contributed by atoms with Gasteiger partial charge in [0.15, 0.2) is 0 Å². The van der Waals surface area contributed by atoms with Crippen LogP contribution in [0.1, 0.15) is 11.3 Å². The number of benzene rings is 1. The Balaban J connectivity index is 1.79. The summed E-state index contributed by atoms with van der Waals surface area (Å²) in [6, 6.07) is 6.36. The molecule has 0 spiro atoms. The molecular weight excluding hydrogens is 235 g/mol. The van der Waals surface area contributed by atoms with Gasteiger partial charge in [-0.3, -0.25) is 0 Å². The van der Waals surface area contributed by atoms with Gasteiger partial charge in [-0.2, -0.15) is 0 Å².